The third-order valence-electron chi connectivity index (χ3n) is 2.98. The quantitative estimate of drug-likeness (QED) is 0.802. The Morgan fingerprint density at radius 3 is 2.47 bits per heavy atom. The highest BCUT2D eigenvalue weighted by molar-refractivity contribution is 7.10. The predicted octanol–water partition coefficient (Wildman–Crippen LogP) is 3.38. The molecule has 3 heteroatoms. The molecule has 0 aliphatic rings. The number of thiophene rings is 1. The second-order valence-electron chi connectivity index (χ2n) is 5.43. The number of rotatable bonds is 7. The van der Waals surface area contributed by atoms with Crippen molar-refractivity contribution in [2.24, 2.45) is 5.92 Å². The van der Waals surface area contributed by atoms with E-state index in [4.69, 9.17) is 0 Å². The van der Waals surface area contributed by atoms with Gasteiger partial charge in [-0.1, -0.05) is 19.9 Å². The Labute approximate surface area is 110 Å². The number of hydrogen-bond acceptors (Lipinski definition) is 3. The van der Waals surface area contributed by atoms with E-state index < -0.39 is 0 Å². The van der Waals surface area contributed by atoms with Gasteiger partial charge in [-0.2, -0.15) is 0 Å². The van der Waals surface area contributed by atoms with Gasteiger partial charge in [0.05, 0.1) is 6.04 Å². The Bertz CT molecular complexity index is 293. The highest BCUT2D eigenvalue weighted by atomic mass is 32.1. The molecule has 0 spiro atoms. The summed E-state index contributed by atoms with van der Waals surface area (Å²) in [5.41, 5.74) is 0. The summed E-state index contributed by atoms with van der Waals surface area (Å²) in [4.78, 5) is 3.74. The molecule has 1 aromatic rings. The molecule has 0 saturated heterocycles. The van der Waals surface area contributed by atoms with Gasteiger partial charge in [-0.15, -0.1) is 11.3 Å². The lowest BCUT2D eigenvalue weighted by atomic mass is 10.0. The van der Waals surface area contributed by atoms with Crippen LogP contribution in [0.15, 0.2) is 17.5 Å². The average molecular weight is 254 g/mol. The minimum Gasteiger partial charge on any atom is -0.312 e. The van der Waals surface area contributed by atoms with Crippen molar-refractivity contribution in [3.8, 4) is 0 Å². The van der Waals surface area contributed by atoms with Gasteiger partial charge in [0.1, 0.15) is 0 Å². The molecule has 0 radical (unpaired) electrons. The molecule has 2 atom stereocenters. The molecule has 2 nitrogen and oxygen atoms in total. The van der Waals surface area contributed by atoms with E-state index in [0.29, 0.717) is 12.1 Å². The average Bonchev–Trinajstić information content (AvgIpc) is 2.69. The summed E-state index contributed by atoms with van der Waals surface area (Å²) >= 11 is 1.84. The van der Waals surface area contributed by atoms with Crippen molar-refractivity contribution >= 4 is 11.3 Å². The van der Waals surface area contributed by atoms with Gasteiger partial charge >= 0.3 is 0 Å². The summed E-state index contributed by atoms with van der Waals surface area (Å²) in [6.45, 7) is 7.87. The highest BCUT2D eigenvalue weighted by Crippen LogP contribution is 2.22. The minimum absolute atomic E-state index is 0.490. The van der Waals surface area contributed by atoms with Crippen molar-refractivity contribution in [1.29, 1.82) is 0 Å². The van der Waals surface area contributed by atoms with E-state index in [1.807, 2.05) is 11.3 Å². The molecule has 0 aromatic carbocycles. The molecular weight excluding hydrogens is 228 g/mol. The standard InChI is InChI=1S/C14H26N2S/c1-11(2)9-12(3)15-10-13(16(4)5)14-7-6-8-17-14/h6-8,11-13,15H,9-10H2,1-5H3. The molecule has 2 unspecified atom stereocenters. The monoisotopic (exact) mass is 254 g/mol. The van der Waals surface area contributed by atoms with Gasteiger partial charge in [0, 0.05) is 17.5 Å². The fourth-order valence-corrected chi connectivity index (χ4v) is 3.04. The summed E-state index contributed by atoms with van der Waals surface area (Å²) < 4.78 is 0. The van der Waals surface area contributed by atoms with E-state index in [0.717, 1.165) is 12.5 Å². The van der Waals surface area contributed by atoms with Gasteiger partial charge in [0.2, 0.25) is 0 Å². The molecule has 98 valence electrons. The minimum atomic E-state index is 0.490. The van der Waals surface area contributed by atoms with Crippen LogP contribution in [-0.2, 0) is 0 Å². The Kier molecular flexibility index (Phi) is 6.17. The first-order chi connectivity index (χ1) is 8.00. The van der Waals surface area contributed by atoms with Crippen LogP contribution >= 0.6 is 11.3 Å². The molecule has 0 saturated carbocycles. The molecular formula is C14H26N2S. The fraction of sp³-hybridized carbons (Fsp3) is 0.714. The Hall–Kier alpha value is -0.380. The maximum atomic E-state index is 3.65. The second kappa shape index (κ2) is 7.14. The predicted molar refractivity (Wildman–Crippen MR) is 77.7 cm³/mol. The van der Waals surface area contributed by atoms with Crippen molar-refractivity contribution in [3.63, 3.8) is 0 Å². The van der Waals surface area contributed by atoms with Crippen molar-refractivity contribution < 1.29 is 0 Å². The first kappa shape index (κ1) is 14.7. The summed E-state index contributed by atoms with van der Waals surface area (Å²) in [6, 6.07) is 5.44. The lowest BCUT2D eigenvalue weighted by Gasteiger charge is -2.26. The van der Waals surface area contributed by atoms with Crippen LogP contribution in [0.3, 0.4) is 0 Å². The van der Waals surface area contributed by atoms with Crippen LogP contribution in [0, 0.1) is 5.92 Å². The SMILES string of the molecule is CC(C)CC(C)NCC(c1cccs1)N(C)C. The van der Waals surface area contributed by atoms with Crippen molar-refractivity contribution in [2.75, 3.05) is 20.6 Å². The number of likely N-dealkylation sites (N-methyl/N-ethyl adjacent to an activating group) is 1. The van der Waals surface area contributed by atoms with E-state index in [-0.39, 0.29) is 0 Å². The zero-order valence-electron chi connectivity index (χ0n) is 11.7. The topological polar surface area (TPSA) is 15.3 Å². The molecule has 0 bridgehead atoms. The molecule has 0 aliphatic heterocycles. The highest BCUT2D eigenvalue weighted by Gasteiger charge is 2.16. The summed E-state index contributed by atoms with van der Waals surface area (Å²) in [6.07, 6.45) is 1.24. The molecule has 17 heavy (non-hydrogen) atoms. The molecule has 0 fully saturated rings. The molecule has 1 rings (SSSR count). The Balaban J connectivity index is 2.46. The Morgan fingerprint density at radius 2 is 2.00 bits per heavy atom. The zero-order valence-corrected chi connectivity index (χ0v) is 12.6. The maximum Gasteiger partial charge on any atom is 0.0561 e. The van der Waals surface area contributed by atoms with Crippen LogP contribution in [0.25, 0.3) is 0 Å². The van der Waals surface area contributed by atoms with Gasteiger partial charge in [0.25, 0.3) is 0 Å². The van der Waals surface area contributed by atoms with E-state index >= 15 is 0 Å². The van der Waals surface area contributed by atoms with Crippen molar-refractivity contribution in [3.05, 3.63) is 22.4 Å². The fourth-order valence-electron chi connectivity index (χ4n) is 2.12. The van der Waals surface area contributed by atoms with Crippen molar-refractivity contribution in [2.45, 2.75) is 39.3 Å². The molecule has 0 amide bonds. The summed E-state index contributed by atoms with van der Waals surface area (Å²) in [5.74, 6) is 0.761. The van der Waals surface area contributed by atoms with Crippen LogP contribution < -0.4 is 5.32 Å². The van der Waals surface area contributed by atoms with Crippen LogP contribution in [0.4, 0.5) is 0 Å². The van der Waals surface area contributed by atoms with Gasteiger partial charge in [0.15, 0.2) is 0 Å². The number of nitrogens with one attached hydrogen (secondary N) is 1. The number of hydrogen-bond donors (Lipinski definition) is 1. The third kappa shape index (κ3) is 5.19. The van der Waals surface area contributed by atoms with Gasteiger partial charge in [-0.3, -0.25) is 0 Å². The molecule has 0 aliphatic carbocycles. The van der Waals surface area contributed by atoms with E-state index in [1.165, 1.54) is 11.3 Å². The summed E-state index contributed by atoms with van der Waals surface area (Å²) in [5, 5.41) is 5.80. The Morgan fingerprint density at radius 1 is 1.29 bits per heavy atom. The first-order valence-corrected chi connectivity index (χ1v) is 7.32. The van der Waals surface area contributed by atoms with E-state index in [9.17, 15) is 0 Å². The first-order valence-electron chi connectivity index (χ1n) is 6.44. The number of nitrogens with zero attached hydrogens (tertiary/aromatic N) is 1. The van der Waals surface area contributed by atoms with Gasteiger partial charge < -0.3 is 10.2 Å². The smallest absolute Gasteiger partial charge is 0.0561 e. The summed E-state index contributed by atoms with van der Waals surface area (Å²) in [7, 11) is 4.30. The van der Waals surface area contributed by atoms with Gasteiger partial charge in [-0.25, -0.2) is 0 Å². The lowest BCUT2D eigenvalue weighted by molar-refractivity contribution is 0.279. The second-order valence-corrected chi connectivity index (χ2v) is 6.41. The maximum absolute atomic E-state index is 3.65. The third-order valence-corrected chi connectivity index (χ3v) is 3.95. The van der Waals surface area contributed by atoms with E-state index in [2.05, 4.69) is 62.6 Å². The largest absolute Gasteiger partial charge is 0.312 e. The molecule has 1 N–H and O–H groups in total. The van der Waals surface area contributed by atoms with E-state index in [1.54, 1.807) is 0 Å². The van der Waals surface area contributed by atoms with Gasteiger partial charge in [-0.05, 0) is 44.8 Å². The van der Waals surface area contributed by atoms with Crippen LogP contribution in [-0.4, -0.2) is 31.6 Å². The molecule has 1 aromatic heterocycles. The lowest BCUT2D eigenvalue weighted by Crippen LogP contribution is -2.36. The normalized spacial score (nSPS) is 15.5. The molecule has 1 heterocycles. The van der Waals surface area contributed by atoms with Crippen molar-refractivity contribution in [1.82, 2.24) is 10.2 Å². The van der Waals surface area contributed by atoms with Crippen LogP contribution in [0.2, 0.25) is 0 Å². The van der Waals surface area contributed by atoms with Crippen LogP contribution in [0.1, 0.15) is 38.1 Å². The zero-order chi connectivity index (χ0) is 12.8. The van der Waals surface area contributed by atoms with Crippen LogP contribution in [0.5, 0.6) is 0 Å².